The summed E-state index contributed by atoms with van der Waals surface area (Å²) in [6, 6.07) is 15.1. The van der Waals surface area contributed by atoms with Crippen LogP contribution in [0.1, 0.15) is 27.2 Å². The van der Waals surface area contributed by atoms with Crippen molar-refractivity contribution in [2.75, 3.05) is 0 Å². The second-order valence-electron chi connectivity index (χ2n) is 6.45. The Hall–Kier alpha value is -3.67. The lowest BCUT2D eigenvalue weighted by Crippen LogP contribution is -2.08. The zero-order valence-corrected chi connectivity index (χ0v) is 15.4. The predicted octanol–water partition coefficient (Wildman–Crippen LogP) is 3.97. The van der Waals surface area contributed by atoms with Crippen molar-refractivity contribution in [2.45, 2.75) is 20.1 Å². The smallest absolute Gasteiger partial charge is 0.357 e. The largest absolute Gasteiger partial charge is 0.489 e. The molecule has 6 nitrogen and oxygen atoms in total. The summed E-state index contributed by atoms with van der Waals surface area (Å²) in [7, 11) is 0. The molecule has 0 radical (unpaired) electrons. The molecule has 0 saturated carbocycles. The van der Waals surface area contributed by atoms with Gasteiger partial charge in [0.1, 0.15) is 24.6 Å². The lowest BCUT2D eigenvalue weighted by atomic mass is 10.2. The Morgan fingerprint density at radius 3 is 2.64 bits per heavy atom. The van der Waals surface area contributed by atoms with E-state index in [-0.39, 0.29) is 6.61 Å². The summed E-state index contributed by atoms with van der Waals surface area (Å²) < 4.78 is 12.9. The fraction of sp³-hybridized carbons (Fsp3) is 0.136. The van der Waals surface area contributed by atoms with Gasteiger partial charge in [0, 0.05) is 24.2 Å². The molecule has 4 rings (SSSR count). The number of aryl methyl sites for hydroxylation is 1. The van der Waals surface area contributed by atoms with E-state index in [4.69, 9.17) is 9.47 Å². The average molecular weight is 373 g/mol. The van der Waals surface area contributed by atoms with E-state index < -0.39 is 5.97 Å². The van der Waals surface area contributed by atoms with E-state index in [1.807, 2.05) is 61.7 Å². The molecule has 0 aliphatic carbocycles. The van der Waals surface area contributed by atoms with Crippen LogP contribution in [0.5, 0.6) is 5.75 Å². The summed E-state index contributed by atoms with van der Waals surface area (Å²) in [6.07, 6.45) is 6.91. The second kappa shape index (κ2) is 7.92. The minimum Gasteiger partial charge on any atom is -0.489 e. The van der Waals surface area contributed by atoms with Gasteiger partial charge in [0.05, 0.1) is 6.20 Å². The molecule has 4 aromatic rings. The number of hydrogen-bond acceptors (Lipinski definition) is 5. The normalized spacial score (nSPS) is 10.8. The van der Waals surface area contributed by atoms with Gasteiger partial charge in [-0.25, -0.2) is 9.78 Å². The Morgan fingerprint density at radius 1 is 1.00 bits per heavy atom. The standard InChI is InChI=1S/C22H19N3O3/c1-16-4-9-21-24-12-20(25(21)13-16)22(26)28-14-17-5-7-19(8-6-17)27-15-18-3-2-10-23-11-18/h2-13H,14-15H2,1H3. The number of ether oxygens (including phenoxy) is 2. The number of benzene rings is 1. The van der Waals surface area contributed by atoms with Gasteiger partial charge in [0.15, 0.2) is 5.69 Å². The van der Waals surface area contributed by atoms with Crippen LogP contribution in [-0.2, 0) is 18.0 Å². The first-order valence-corrected chi connectivity index (χ1v) is 8.90. The molecule has 0 atom stereocenters. The van der Waals surface area contributed by atoms with E-state index in [1.165, 1.54) is 6.20 Å². The van der Waals surface area contributed by atoms with Crippen molar-refractivity contribution in [1.82, 2.24) is 14.4 Å². The quantitative estimate of drug-likeness (QED) is 0.479. The van der Waals surface area contributed by atoms with Gasteiger partial charge in [-0.15, -0.1) is 0 Å². The first-order valence-electron chi connectivity index (χ1n) is 8.90. The molecule has 0 aliphatic heterocycles. The highest BCUT2D eigenvalue weighted by Gasteiger charge is 2.13. The Morgan fingerprint density at radius 2 is 1.86 bits per heavy atom. The molecule has 0 spiro atoms. The molecule has 0 aliphatic rings. The summed E-state index contributed by atoms with van der Waals surface area (Å²) in [5.41, 5.74) is 4.06. The Balaban J connectivity index is 1.35. The molecule has 3 aromatic heterocycles. The minimum atomic E-state index is -0.407. The summed E-state index contributed by atoms with van der Waals surface area (Å²) in [4.78, 5) is 20.7. The van der Waals surface area contributed by atoms with Crippen LogP contribution in [0.3, 0.4) is 0 Å². The van der Waals surface area contributed by atoms with Gasteiger partial charge in [-0.1, -0.05) is 24.3 Å². The highest BCUT2D eigenvalue weighted by Crippen LogP contribution is 2.16. The molecule has 0 amide bonds. The summed E-state index contributed by atoms with van der Waals surface area (Å²) in [5.74, 6) is 0.339. The fourth-order valence-electron chi connectivity index (χ4n) is 2.79. The van der Waals surface area contributed by atoms with Gasteiger partial charge in [-0.05, 0) is 42.3 Å². The molecule has 0 unspecified atom stereocenters. The van der Waals surface area contributed by atoms with Gasteiger partial charge in [-0.2, -0.15) is 0 Å². The van der Waals surface area contributed by atoms with E-state index in [2.05, 4.69) is 9.97 Å². The SMILES string of the molecule is Cc1ccc2ncc(C(=O)OCc3ccc(OCc4cccnc4)cc3)n2c1. The maximum absolute atomic E-state index is 12.4. The summed E-state index contributed by atoms with van der Waals surface area (Å²) in [5, 5.41) is 0. The van der Waals surface area contributed by atoms with Crippen molar-refractivity contribution >= 4 is 11.6 Å². The van der Waals surface area contributed by atoms with E-state index in [0.29, 0.717) is 17.9 Å². The molecule has 6 heteroatoms. The van der Waals surface area contributed by atoms with Crippen LogP contribution >= 0.6 is 0 Å². The van der Waals surface area contributed by atoms with Crippen LogP contribution in [0.15, 0.2) is 73.3 Å². The highest BCUT2D eigenvalue weighted by molar-refractivity contribution is 5.88. The third-order valence-electron chi connectivity index (χ3n) is 4.28. The van der Waals surface area contributed by atoms with Crippen LogP contribution in [-0.4, -0.2) is 20.3 Å². The molecule has 140 valence electrons. The Labute approximate surface area is 162 Å². The fourth-order valence-corrected chi connectivity index (χ4v) is 2.79. The number of hydrogen-bond donors (Lipinski definition) is 0. The van der Waals surface area contributed by atoms with Crippen molar-refractivity contribution in [3.63, 3.8) is 0 Å². The predicted molar refractivity (Wildman–Crippen MR) is 104 cm³/mol. The molecule has 0 N–H and O–H groups in total. The molecule has 28 heavy (non-hydrogen) atoms. The van der Waals surface area contributed by atoms with Gasteiger partial charge in [-0.3, -0.25) is 9.38 Å². The highest BCUT2D eigenvalue weighted by atomic mass is 16.5. The van der Waals surface area contributed by atoms with Crippen molar-refractivity contribution in [3.8, 4) is 5.75 Å². The van der Waals surface area contributed by atoms with Crippen molar-refractivity contribution in [1.29, 1.82) is 0 Å². The van der Waals surface area contributed by atoms with E-state index in [0.717, 1.165) is 22.4 Å². The van der Waals surface area contributed by atoms with Gasteiger partial charge < -0.3 is 9.47 Å². The lowest BCUT2D eigenvalue weighted by Gasteiger charge is -2.08. The van der Waals surface area contributed by atoms with Crippen LogP contribution in [0, 0.1) is 6.92 Å². The third kappa shape index (κ3) is 4.01. The molecule has 0 saturated heterocycles. The minimum absolute atomic E-state index is 0.181. The first kappa shape index (κ1) is 17.7. The van der Waals surface area contributed by atoms with Crippen LogP contribution in [0.25, 0.3) is 5.65 Å². The van der Waals surface area contributed by atoms with E-state index in [1.54, 1.807) is 16.8 Å². The second-order valence-corrected chi connectivity index (χ2v) is 6.45. The van der Waals surface area contributed by atoms with Gasteiger partial charge >= 0.3 is 5.97 Å². The zero-order chi connectivity index (χ0) is 19.3. The Bertz CT molecular complexity index is 1090. The third-order valence-corrected chi connectivity index (χ3v) is 4.28. The number of carbonyl (C=O) groups is 1. The number of pyridine rings is 2. The molecule has 3 heterocycles. The van der Waals surface area contributed by atoms with Crippen LogP contribution < -0.4 is 4.74 Å². The number of esters is 1. The summed E-state index contributed by atoms with van der Waals surface area (Å²) >= 11 is 0. The monoisotopic (exact) mass is 373 g/mol. The van der Waals surface area contributed by atoms with Crippen molar-refractivity contribution in [3.05, 3.63) is 95.7 Å². The molecule has 0 bridgehead atoms. The first-order chi connectivity index (χ1) is 13.7. The van der Waals surface area contributed by atoms with Gasteiger partial charge in [0.25, 0.3) is 0 Å². The number of imidazole rings is 1. The maximum atomic E-state index is 12.4. The number of nitrogens with zero attached hydrogens (tertiary/aromatic N) is 3. The van der Waals surface area contributed by atoms with Crippen molar-refractivity contribution < 1.29 is 14.3 Å². The molecule has 1 aromatic carbocycles. The number of carbonyl (C=O) groups excluding carboxylic acids is 1. The molecular weight excluding hydrogens is 354 g/mol. The lowest BCUT2D eigenvalue weighted by molar-refractivity contribution is 0.0464. The molecule has 0 fully saturated rings. The van der Waals surface area contributed by atoms with Crippen LogP contribution in [0.2, 0.25) is 0 Å². The average Bonchev–Trinajstić information content (AvgIpc) is 3.15. The Kier molecular flexibility index (Phi) is 5.01. The zero-order valence-electron chi connectivity index (χ0n) is 15.4. The maximum Gasteiger partial charge on any atom is 0.357 e. The van der Waals surface area contributed by atoms with Crippen LogP contribution in [0.4, 0.5) is 0 Å². The van der Waals surface area contributed by atoms with Crippen molar-refractivity contribution in [2.24, 2.45) is 0 Å². The number of fused-ring (bicyclic) bond motifs is 1. The van der Waals surface area contributed by atoms with E-state index >= 15 is 0 Å². The number of aromatic nitrogens is 3. The number of rotatable bonds is 6. The molecular formula is C22H19N3O3. The van der Waals surface area contributed by atoms with E-state index in [9.17, 15) is 4.79 Å². The van der Waals surface area contributed by atoms with Gasteiger partial charge in [0.2, 0.25) is 0 Å². The summed E-state index contributed by atoms with van der Waals surface area (Å²) in [6.45, 7) is 2.60. The topological polar surface area (TPSA) is 65.7 Å².